The maximum absolute atomic E-state index is 12.3. The van der Waals surface area contributed by atoms with Crippen LogP contribution in [-0.4, -0.2) is 59.4 Å². The standard InChI is InChI=1S/C19H30N2O6/c1-5-6-9-27-10-7-8-20-17(22)13-21-19(23)14-11-15(24-2)18(26-4)16(12-14)25-3/h11-12H,5-10,13H2,1-4H3,(H,20,22)(H,21,23). The van der Waals surface area contributed by atoms with Crippen molar-refractivity contribution in [3.05, 3.63) is 17.7 Å². The summed E-state index contributed by atoms with van der Waals surface area (Å²) in [6.07, 6.45) is 2.87. The molecule has 0 spiro atoms. The molecule has 0 saturated carbocycles. The van der Waals surface area contributed by atoms with Crippen LogP contribution in [0.1, 0.15) is 36.5 Å². The van der Waals surface area contributed by atoms with E-state index >= 15 is 0 Å². The zero-order chi connectivity index (χ0) is 20.1. The van der Waals surface area contributed by atoms with Crippen LogP contribution in [0.4, 0.5) is 0 Å². The first kappa shape index (κ1) is 22.6. The minimum atomic E-state index is -0.410. The number of amides is 2. The van der Waals surface area contributed by atoms with E-state index in [-0.39, 0.29) is 12.5 Å². The third kappa shape index (κ3) is 7.74. The van der Waals surface area contributed by atoms with Gasteiger partial charge >= 0.3 is 0 Å². The lowest BCUT2D eigenvalue weighted by Crippen LogP contribution is -2.37. The number of carbonyl (C=O) groups is 2. The normalized spacial score (nSPS) is 10.2. The Kier molecular flexibility index (Phi) is 10.7. The van der Waals surface area contributed by atoms with Crippen LogP contribution in [-0.2, 0) is 9.53 Å². The average Bonchev–Trinajstić information content (AvgIpc) is 2.69. The quantitative estimate of drug-likeness (QED) is 0.505. The van der Waals surface area contributed by atoms with Gasteiger partial charge in [0.1, 0.15) is 0 Å². The van der Waals surface area contributed by atoms with E-state index in [9.17, 15) is 9.59 Å². The largest absolute Gasteiger partial charge is 0.493 e. The van der Waals surface area contributed by atoms with Gasteiger partial charge in [0.2, 0.25) is 11.7 Å². The molecule has 0 aliphatic heterocycles. The van der Waals surface area contributed by atoms with E-state index in [0.29, 0.717) is 36.0 Å². The van der Waals surface area contributed by atoms with Crippen molar-refractivity contribution in [3.63, 3.8) is 0 Å². The van der Waals surface area contributed by atoms with Gasteiger partial charge in [-0.1, -0.05) is 13.3 Å². The Balaban J connectivity index is 2.44. The average molecular weight is 382 g/mol. The molecule has 8 heteroatoms. The van der Waals surface area contributed by atoms with Gasteiger partial charge in [0.25, 0.3) is 5.91 Å². The number of carbonyl (C=O) groups excluding carboxylic acids is 2. The van der Waals surface area contributed by atoms with Crippen LogP contribution in [0.5, 0.6) is 17.2 Å². The first-order chi connectivity index (χ1) is 13.1. The predicted molar refractivity (Wildman–Crippen MR) is 102 cm³/mol. The molecule has 0 atom stereocenters. The van der Waals surface area contributed by atoms with Gasteiger partial charge in [-0.05, 0) is 25.0 Å². The van der Waals surface area contributed by atoms with Crippen LogP contribution < -0.4 is 24.8 Å². The topological polar surface area (TPSA) is 95.1 Å². The van der Waals surface area contributed by atoms with Gasteiger partial charge in [-0.25, -0.2) is 0 Å². The van der Waals surface area contributed by atoms with Gasteiger partial charge in [-0.3, -0.25) is 9.59 Å². The Bertz CT molecular complexity index is 581. The lowest BCUT2D eigenvalue weighted by Gasteiger charge is -2.14. The van der Waals surface area contributed by atoms with Crippen molar-refractivity contribution in [2.75, 3.05) is 47.6 Å². The molecule has 8 nitrogen and oxygen atoms in total. The Hall–Kier alpha value is -2.48. The summed E-state index contributed by atoms with van der Waals surface area (Å²) < 4.78 is 21.1. The van der Waals surface area contributed by atoms with Gasteiger partial charge in [0, 0.05) is 25.3 Å². The Morgan fingerprint density at radius 2 is 1.56 bits per heavy atom. The van der Waals surface area contributed by atoms with E-state index in [1.54, 1.807) is 0 Å². The molecule has 0 aliphatic rings. The molecule has 0 bridgehead atoms. The summed E-state index contributed by atoms with van der Waals surface area (Å²) in [6, 6.07) is 3.06. The lowest BCUT2D eigenvalue weighted by atomic mass is 10.1. The van der Waals surface area contributed by atoms with E-state index in [0.717, 1.165) is 25.9 Å². The smallest absolute Gasteiger partial charge is 0.251 e. The Morgan fingerprint density at radius 1 is 0.926 bits per heavy atom. The molecule has 0 radical (unpaired) electrons. The van der Waals surface area contributed by atoms with Crippen LogP contribution in [0, 0.1) is 0 Å². The molecule has 1 aromatic rings. The number of methoxy groups -OCH3 is 3. The second kappa shape index (κ2) is 12.8. The first-order valence-corrected chi connectivity index (χ1v) is 9.00. The highest BCUT2D eigenvalue weighted by atomic mass is 16.5. The van der Waals surface area contributed by atoms with Crippen molar-refractivity contribution in [1.29, 1.82) is 0 Å². The highest BCUT2D eigenvalue weighted by molar-refractivity contribution is 5.97. The number of nitrogens with one attached hydrogen (secondary N) is 2. The summed E-state index contributed by atoms with van der Waals surface area (Å²) in [5, 5.41) is 5.31. The Morgan fingerprint density at radius 3 is 2.11 bits per heavy atom. The highest BCUT2D eigenvalue weighted by Crippen LogP contribution is 2.38. The highest BCUT2D eigenvalue weighted by Gasteiger charge is 2.17. The van der Waals surface area contributed by atoms with Crippen molar-refractivity contribution < 1.29 is 28.5 Å². The maximum Gasteiger partial charge on any atom is 0.251 e. The number of hydrogen-bond donors (Lipinski definition) is 2. The summed E-state index contributed by atoms with van der Waals surface area (Å²) in [7, 11) is 4.43. The van der Waals surface area contributed by atoms with Gasteiger partial charge in [-0.2, -0.15) is 0 Å². The van der Waals surface area contributed by atoms with Gasteiger partial charge in [0.05, 0.1) is 27.9 Å². The molecule has 1 aromatic carbocycles. The summed E-state index contributed by atoms with van der Waals surface area (Å²) in [6.45, 7) is 3.85. The first-order valence-electron chi connectivity index (χ1n) is 9.00. The van der Waals surface area contributed by atoms with E-state index in [1.165, 1.54) is 33.5 Å². The minimum absolute atomic E-state index is 0.119. The summed E-state index contributed by atoms with van der Waals surface area (Å²) in [5.74, 6) is 0.469. The second-order valence-electron chi connectivity index (χ2n) is 5.77. The molecule has 0 heterocycles. The van der Waals surface area contributed by atoms with Gasteiger partial charge in [0.15, 0.2) is 11.5 Å². The summed E-state index contributed by atoms with van der Waals surface area (Å²) in [5.41, 5.74) is 0.307. The van der Waals surface area contributed by atoms with Crippen LogP contribution in [0.3, 0.4) is 0 Å². The number of unbranched alkanes of at least 4 members (excludes halogenated alkanes) is 1. The molecule has 2 amide bonds. The number of benzene rings is 1. The van der Waals surface area contributed by atoms with E-state index in [2.05, 4.69) is 17.6 Å². The Labute approximate surface area is 160 Å². The molecule has 0 fully saturated rings. The van der Waals surface area contributed by atoms with Gasteiger partial charge < -0.3 is 29.6 Å². The van der Waals surface area contributed by atoms with Crippen molar-refractivity contribution in [3.8, 4) is 17.2 Å². The van der Waals surface area contributed by atoms with E-state index in [1.807, 2.05) is 0 Å². The fraction of sp³-hybridized carbons (Fsp3) is 0.579. The fourth-order valence-electron chi connectivity index (χ4n) is 2.29. The number of ether oxygens (including phenoxy) is 4. The monoisotopic (exact) mass is 382 g/mol. The number of hydrogen-bond acceptors (Lipinski definition) is 6. The molecular weight excluding hydrogens is 352 g/mol. The third-order valence-electron chi connectivity index (χ3n) is 3.77. The summed E-state index contributed by atoms with van der Waals surface area (Å²) in [4.78, 5) is 24.1. The van der Waals surface area contributed by atoms with Crippen LogP contribution in [0.2, 0.25) is 0 Å². The molecule has 0 unspecified atom stereocenters. The van der Waals surface area contributed by atoms with E-state index < -0.39 is 5.91 Å². The number of rotatable bonds is 13. The van der Waals surface area contributed by atoms with Crippen LogP contribution in [0.15, 0.2) is 12.1 Å². The molecular formula is C19H30N2O6. The molecule has 2 N–H and O–H groups in total. The van der Waals surface area contributed by atoms with Crippen LogP contribution in [0.25, 0.3) is 0 Å². The maximum atomic E-state index is 12.3. The second-order valence-corrected chi connectivity index (χ2v) is 5.77. The minimum Gasteiger partial charge on any atom is -0.493 e. The van der Waals surface area contributed by atoms with Crippen molar-refractivity contribution >= 4 is 11.8 Å². The molecule has 27 heavy (non-hydrogen) atoms. The third-order valence-corrected chi connectivity index (χ3v) is 3.77. The zero-order valence-electron chi connectivity index (χ0n) is 16.6. The molecule has 1 rings (SSSR count). The van der Waals surface area contributed by atoms with Gasteiger partial charge in [-0.15, -0.1) is 0 Å². The SMILES string of the molecule is CCCCOCCCNC(=O)CNC(=O)c1cc(OC)c(OC)c(OC)c1. The molecule has 0 saturated heterocycles. The molecule has 0 aromatic heterocycles. The van der Waals surface area contributed by atoms with Crippen LogP contribution >= 0.6 is 0 Å². The van der Waals surface area contributed by atoms with Crippen molar-refractivity contribution in [2.24, 2.45) is 0 Å². The van der Waals surface area contributed by atoms with Crippen molar-refractivity contribution in [2.45, 2.75) is 26.2 Å². The summed E-state index contributed by atoms with van der Waals surface area (Å²) >= 11 is 0. The lowest BCUT2D eigenvalue weighted by molar-refractivity contribution is -0.120. The van der Waals surface area contributed by atoms with E-state index in [4.69, 9.17) is 18.9 Å². The molecule has 152 valence electrons. The predicted octanol–water partition coefficient (Wildman–Crippen LogP) is 1.77. The zero-order valence-corrected chi connectivity index (χ0v) is 16.6. The van der Waals surface area contributed by atoms with Crippen molar-refractivity contribution in [1.82, 2.24) is 10.6 Å². The fourth-order valence-corrected chi connectivity index (χ4v) is 2.29. The molecule has 0 aliphatic carbocycles.